The van der Waals surface area contributed by atoms with Crippen LogP contribution in [-0.2, 0) is 4.79 Å². The third kappa shape index (κ3) is 2.84. The molecule has 12 heavy (non-hydrogen) atoms. The molecule has 0 radical (unpaired) electrons. The topological polar surface area (TPSA) is 118 Å². The Morgan fingerprint density at radius 3 is 1.92 bits per heavy atom. The van der Waals surface area contributed by atoms with Gasteiger partial charge >= 0.3 is 0 Å². The molecule has 0 rings (SSSR count). The molecule has 0 aromatic carbocycles. The first kappa shape index (κ1) is 11.5. The van der Waals surface area contributed by atoms with Gasteiger partial charge in [0.25, 0.3) is 0 Å². The fraction of sp³-hybridized carbons (Fsp3) is 0.833. The number of aldehydes is 1. The van der Waals surface area contributed by atoms with E-state index in [9.17, 15) is 4.79 Å². The summed E-state index contributed by atoms with van der Waals surface area (Å²) in [5.41, 5.74) is 0. The first-order chi connectivity index (χ1) is 5.54. The van der Waals surface area contributed by atoms with Crippen LogP contribution < -0.4 is 0 Å². The van der Waals surface area contributed by atoms with Gasteiger partial charge in [0, 0.05) is 0 Å². The highest BCUT2D eigenvalue weighted by Gasteiger charge is 2.29. The maximum absolute atomic E-state index is 9.90. The Balaban J connectivity index is 4.07. The lowest BCUT2D eigenvalue weighted by molar-refractivity contribution is -0.136. The summed E-state index contributed by atoms with van der Waals surface area (Å²) in [6.07, 6.45) is -6.84. The molecule has 6 nitrogen and oxygen atoms in total. The molecular weight excluding hydrogens is 171 g/mol. The zero-order valence-corrected chi connectivity index (χ0v) is 6.24. The number of carbonyl (C=O) groups excluding carboxylic acids is 1. The van der Waals surface area contributed by atoms with Crippen molar-refractivity contribution < 1.29 is 30.3 Å². The highest BCUT2D eigenvalue weighted by atomic mass is 16.5. The quantitative estimate of drug-likeness (QED) is 0.224. The van der Waals surface area contributed by atoms with Gasteiger partial charge in [-0.1, -0.05) is 0 Å². The highest BCUT2D eigenvalue weighted by Crippen LogP contribution is 2.02. The molecule has 0 unspecified atom stereocenters. The second kappa shape index (κ2) is 5.18. The van der Waals surface area contributed by atoms with Gasteiger partial charge < -0.3 is 30.3 Å². The average Bonchev–Trinajstić information content (AvgIpc) is 2.12. The zero-order chi connectivity index (χ0) is 9.72. The molecule has 6 heteroatoms. The lowest BCUT2D eigenvalue weighted by Gasteiger charge is -2.22. The summed E-state index contributed by atoms with van der Waals surface area (Å²) in [6.45, 7) is -0.760. The van der Waals surface area contributed by atoms with Crippen LogP contribution in [-0.4, -0.2) is 62.8 Å². The van der Waals surface area contributed by atoms with Gasteiger partial charge in [0.2, 0.25) is 0 Å². The molecule has 0 spiro atoms. The molecule has 0 aliphatic carbocycles. The summed E-state index contributed by atoms with van der Waals surface area (Å²) < 4.78 is 0. The Kier molecular flexibility index (Phi) is 4.95. The molecule has 0 aliphatic heterocycles. The molecule has 0 aromatic rings. The number of carbonyl (C=O) groups is 1. The van der Waals surface area contributed by atoms with E-state index in [4.69, 9.17) is 25.5 Å². The number of hydrogen-bond donors (Lipinski definition) is 5. The lowest BCUT2D eigenvalue weighted by atomic mass is 10.5. The van der Waals surface area contributed by atoms with Crippen molar-refractivity contribution in [2.75, 3.05) is 6.61 Å². The Hall–Kier alpha value is -0.530. The van der Waals surface area contributed by atoms with Gasteiger partial charge in [-0.3, -0.25) is 0 Å². The van der Waals surface area contributed by atoms with E-state index in [1.807, 2.05) is 0 Å². The molecule has 0 saturated heterocycles. The van der Waals surface area contributed by atoms with Gasteiger partial charge in [-0.2, -0.15) is 0 Å². The van der Waals surface area contributed by atoms with Crippen molar-refractivity contribution in [2.24, 2.45) is 0 Å². The Labute approximate surface area is 68.7 Å². The maximum Gasteiger partial charge on any atom is 0.151 e. The summed E-state index contributed by atoms with van der Waals surface area (Å²) in [7, 11) is 0. The van der Waals surface area contributed by atoms with E-state index in [0.717, 1.165) is 0 Å². The van der Waals surface area contributed by atoms with E-state index < -0.39 is 31.0 Å². The van der Waals surface area contributed by atoms with E-state index in [-0.39, 0.29) is 6.29 Å². The minimum Gasteiger partial charge on any atom is -0.394 e. The van der Waals surface area contributed by atoms with Crippen LogP contribution in [0, 0.1) is 0 Å². The third-order valence-electron chi connectivity index (χ3n) is 1.42. The molecule has 0 heterocycles. The van der Waals surface area contributed by atoms with Crippen molar-refractivity contribution in [3.05, 3.63) is 0 Å². The van der Waals surface area contributed by atoms with Gasteiger partial charge in [0.15, 0.2) is 6.29 Å². The third-order valence-corrected chi connectivity index (χ3v) is 1.42. The van der Waals surface area contributed by atoms with E-state index in [1.54, 1.807) is 0 Å². The zero-order valence-electron chi connectivity index (χ0n) is 6.24. The first-order valence-corrected chi connectivity index (χ1v) is 3.33. The minimum atomic E-state index is -1.79. The summed E-state index contributed by atoms with van der Waals surface area (Å²) in [6, 6.07) is 0. The number of aliphatic hydroxyl groups excluding tert-OH is 5. The van der Waals surface area contributed by atoms with E-state index in [0.29, 0.717) is 0 Å². The fourth-order valence-electron chi connectivity index (χ4n) is 0.618. The summed E-state index contributed by atoms with van der Waals surface area (Å²) in [4.78, 5) is 9.90. The highest BCUT2D eigenvalue weighted by molar-refractivity contribution is 5.56. The van der Waals surface area contributed by atoms with Crippen LogP contribution >= 0.6 is 0 Å². The largest absolute Gasteiger partial charge is 0.394 e. The Morgan fingerprint density at radius 1 is 1.08 bits per heavy atom. The van der Waals surface area contributed by atoms with Crippen molar-refractivity contribution in [2.45, 2.75) is 24.4 Å². The monoisotopic (exact) mass is 183 g/mol. The minimum absolute atomic E-state index is 0.0258. The summed E-state index contributed by atoms with van der Waals surface area (Å²) in [5.74, 6) is 0. The first-order valence-electron chi connectivity index (χ1n) is 3.33. The molecule has 4 atom stereocenters. The van der Waals surface area contributed by atoms with Crippen LogP contribution in [0.15, 0.2) is 0 Å². The SMILES string of the molecule is O=[13CH][C@H](O)[13C@H](O)[C@H](O)[13C@H](O)CO. The van der Waals surface area contributed by atoms with Crippen LogP contribution in [0.5, 0.6) is 0 Å². The lowest BCUT2D eigenvalue weighted by Crippen LogP contribution is -2.46. The van der Waals surface area contributed by atoms with Crippen LogP contribution in [0.1, 0.15) is 0 Å². The van der Waals surface area contributed by atoms with Gasteiger partial charge in [0.05, 0.1) is 6.61 Å². The predicted octanol–water partition coefficient (Wildman–Crippen LogP) is -3.38. The van der Waals surface area contributed by atoms with Crippen LogP contribution in [0.2, 0.25) is 0 Å². The molecule has 0 fully saturated rings. The average molecular weight is 183 g/mol. The van der Waals surface area contributed by atoms with Crippen molar-refractivity contribution in [1.29, 1.82) is 0 Å². The number of hydrogen-bond acceptors (Lipinski definition) is 6. The standard InChI is InChI=1S/C6H12O6/c7-1-3(9)5(11)6(12)4(10)2-8/h1,3-6,8-12H,2H2/t3-,4+,5-,6+/m0/s1/i1+1,4+1,5+1. The van der Waals surface area contributed by atoms with Crippen molar-refractivity contribution in [1.82, 2.24) is 0 Å². The maximum atomic E-state index is 9.90. The van der Waals surface area contributed by atoms with Crippen LogP contribution in [0.4, 0.5) is 0 Å². The second-order valence-electron chi connectivity index (χ2n) is 2.36. The molecule has 0 saturated carbocycles. The van der Waals surface area contributed by atoms with Gasteiger partial charge in [-0.15, -0.1) is 0 Å². The molecule has 0 aromatic heterocycles. The predicted molar refractivity (Wildman–Crippen MR) is 37.2 cm³/mol. The summed E-state index contributed by atoms with van der Waals surface area (Å²) >= 11 is 0. The Morgan fingerprint density at radius 2 is 1.58 bits per heavy atom. The van der Waals surface area contributed by atoms with Crippen molar-refractivity contribution in [3.63, 3.8) is 0 Å². The van der Waals surface area contributed by atoms with Gasteiger partial charge in [0.1, 0.15) is 24.4 Å². The van der Waals surface area contributed by atoms with Crippen molar-refractivity contribution >= 4 is 6.29 Å². The van der Waals surface area contributed by atoms with Crippen LogP contribution in [0.3, 0.4) is 0 Å². The van der Waals surface area contributed by atoms with Crippen molar-refractivity contribution in [3.8, 4) is 0 Å². The molecule has 0 bridgehead atoms. The van der Waals surface area contributed by atoms with Crippen LogP contribution in [0.25, 0.3) is 0 Å². The van der Waals surface area contributed by atoms with E-state index >= 15 is 0 Å². The number of rotatable bonds is 5. The smallest absolute Gasteiger partial charge is 0.151 e. The summed E-state index contributed by atoms with van der Waals surface area (Å²) in [5, 5.41) is 43.5. The number of aliphatic hydroxyl groups is 5. The van der Waals surface area contributed by atoms with Gasteiger partial charge in [-0.25, -0.2) is 0 Å². The Bertz CT molecular complexity index is 138. The molecular formula is C6H12O6. The molecule has 72 valence electrons. The fourth-order valence-corrected chi connectivity index (χ4v) is 0.618. The molecule has 5 N–H and O–H groups in total. The van der Waals surface area contributed by atoms with Gasteiger partial charge in [-0.05, 0) is 0 Å². The normalized spacial score (nSPS) is 21.1. The second-order valence-corrected chi connectivity index (χ2v) is 2.36. The van der Waals surface area contributed by atoms with E-state index in [1.165, 1.54) is 0 Å². The molecule has 0 aliphatic rings. The van der Waals surface area contributed by atoms with E-state index in [2.05, 4.69) is 0 Å². The molecule has 0 amide bonds.